The summed E-state index contributed by atoms with van der Waals surface area (Å²) in [6, 6.07) is 8.89. The summed E-state index contributed by atoms with van der Waals surface area (Å²) >= 11 is 0. The van der Waals surface area contributed by atoms with Crippen LogP contribution in [0.3, 0.4) is 0 Å². The van der Waals surface area contributed by atoms with Gasteiger partial charge in [0.05, 0.1) is 18.3 Å². The molecule has 20 heavy (non-hydrogen) atoms. The maximum absolute atomic E-state index is 12.4. The Bertz CT molecular complexity index is 712. The average molecular weight is 271 g/mol. The molecule has 0 saturated heterocycles. The third kappa shape index (κ3) is 2.05. The molecular weight excluding hydrogens is 254 g/mol. The van der Waals surface area contributed by atoms with Gasteiger partial charge in [-0.15, -0.1) is 0 Å². The number of nitrogens with one attached hydrogen (secondary N) is 2. The lowest BCUT2D eigenvalue weighted by Crippen LogP contribution is -2.43. The first-order valence-electron chi connectivity index (χ1n) is 6.76. The second kappa shape index (κ2) is 4.67. The van der Waals surface area contributed by atoms with Crippen molar-refractivity contribution in [1.82, 2.24) is 15.1 Å². The predicted octanol–water partition coefficient (Wildman–Crippen LogP) is 1.61. The van der Waals surface area contributed by atoms with Gasteiger partial charge in [-0.25, -0.2) is 0 Å². The molecule has 5 heteroatoms. The van der Waals surface area contributed by atoms with E-state index in [4.69, 9.17) is 0 Å². The molecule has 1 atom stereocenters. The van der Waals surface area contributed by atoms with Gasteiger partial charge in [0.2, 0.25) is 0 Å². The van der Waals surface area contributed by atoms with Crippen LogP contribution >= 0.6 is 0 Å². The number of H-pyrrole nitrogens is 1. The van der Waals surface area contributed by atoms with Gasteiger partial charge < -0.3 is 5.32 Å². The molecule has 5 nitrogen and oxygen atoms in total. The number of aromatic nitrogens is 2. The van der Waals surface area contributed by atoms with E-state index in [9.17, 15) is 9.59 Å². The van der Waals surface area contributed by atoms with Gasteiger partial charge >= 0.3 is 0 Å². The molecule has 0 radical (unpaired) electrons. The molecule has 0 bridgehead atoms. The highest BCUT2D eigenvalue weighted by molar-refractivity contribution is 6.00. The summed E-state index contributed by atoms with van der Waals surface area (Å²) in [6.45, 7) is 4.68. The number of hydrogen-bond donors (Lipinski definition) is 2. The molecule has 1 aliphatic rings. The third-order valence-corrected chi connectivity index (χ3v) is 3.75. The van der Waals surface area contributed by atoms with Gasteiger partial charge in [0.1, 0.15) is 0 Å². The van der Waals surface area contributed by atoms with Gasteiger partial charge in [-0.05, 0) is 12.0 Å². The lowest BCUT2D eigenvalue weighted by Gasteiger charge is -2.27. The molecule has 2 N–H and O–H groups in total. The Morgan fingerprint density at radius 3 is 2.60 bits per heavy atom. The van der Waals surface area contributed by atoms with Crippen LogP contribution in [0.2, 0.25) is 0 Å². The van der Waals surface area contributed by atoms with Crippen molar-refractivity contribution in [2.45, 2.75) is 26.4 Å². The third-order valence-electron chi connectivity index (χ3n) is 3.75. The molecule has 0 unspecified atom stereocenters. The maximum atomic E-state index is 12.4. The van der Waals surface area contributed by atoms with Crippen molar-refractivity contribution in [3.8, 4) is 11.3 Å². The van der Waals surface area contributed by atoms with Gasteiger partial charge in [-0.2, -0.15) is 0 Å². The van der Waals surface area contributed by atoms with Crippen LogP contribution in [-0.2, 0) is 6.54 Å². The Morgan fingerprint density at radius 2 is 1.90 bits per heavy atom. The zero-order valence-electron chi connectivity index (χ0n) is 11.5. The summed E-state index contributed by atoms with van der Waals surface area (Å²) in [4.78, 5) is 24.0. The van der Waals surface area contributed by atoms with Crippen LogP contribution in [0, 0.1) is 5.92 Å². The van der Waals surface area contributed by atoms with Crippen LogP contribution in [0.4, 0.5) is 0 Å². The number of nitrogens with zero attached hydrogens (tertiary/aromatic N) is 1. The van der Waals surface area contributed by atoms with Crippen molar-refractivity contribution in [1.29, 1.82) is 0 Å². The predicted molar refractivity (Wildman–Crippen MR) is 76.6 cm³/mol. The fourth-order valence-electron chi connectivity index (χ4n) is 2.57. The van der Waals surface area contributed by atoms with Crippen molar-refractivity contribution in [3.05, 3.63) is 46.2 Å². The van der Waals surface area contributed by atoms with Gasteiger partial charge in [0.15, 0.2) is 0 Å². The quantitative estimate of drug-likeness (QED) is 0.827. The summed E-state index contributed by atoms with van der Waals surface area (Å²) in [6.07, 6.45) is 0. The van der Waals surface area contributed by atoms with Crippen molar-refractivity contribution < 1.29 is 4.79 Å². The minimum atomic E-state index is -0.147. The van der Waals surface area contributed by atoms with E-state index in [-0.39, 0.29) is 23.4 Å². The lowest BCUT2D eigenvalue weighted by atomic mass is 9.98. The van der Waals surface area contributed by atoms with E-state index in [1.165, 1.54) is 0 Å². The second-order valence-corrected chi connectivity index (χ2v) is 5.49. The molecule has 0 fully saturated rings. The number of rotatable bonds is 1. The Labute approximate surface area is 116 Å². The van der Waals surface area contributed by atoms with E-state index in [1.807, 2.05) is 22.9 Å². The fraction of sp³-hybridized carbons (Fsp3) is 0.333. The molecular formula is C15H17N3O2. The van der Waals surface area contributed by atoms with Gasteiger partial charge in [-0.3, -0.25) is 19.4 Å². The fourth-order valence-corrected chi connectivity index (χ4v) is 2.57. The lowest BCUT2D eigenvalue weighted by molar-refractivity contribution is 0.0918. The first-order valence-corrected chi connectivity index (χ1v) is 6.76. The second-order valence-electron chi connectivity index (χ2n) is 5.49. The van der Waals surface area contributed by atoms with Crippen molar-refractivity contribution in [3.63, 3.8) is 0 Å². The summed E-state index contributed by atoms with van der Waals surface area (Å²) in [7, 11) is 0. The number of amides is 1. The minimum Gasteiger partial charge on any atom is -0.347 e. The smallest absolute Gasteiger partial charge is 0.264 e. The van der Waals surface area contributed by atoms with Gasteiger partial charge in [-0.1, -0.05) is 32.0 Å². The average Bonchev–Trinajstić information content (AvgIpc) is 2.77. The molecule has 1 aromatic heterocycles. The molecule has 104 valence electrons. The molecule has 1 aromatic carbocycles. The molecule has 1 aliphatic heterocycles. The van der Waals surface area contributed by atoms with Crippen LogP contribution in [-0.4, -0.2) is 21.7 Å². The molecule has 2 aromatic rings. The van der Waals surface area contributed by atoms with Gasteiger partial charge in [0.25, 0.3) is 11.5 Å². The molecule has 1 amide bonds. The Morgan fingerprint density at radius 1 is 1.20 bits per heavy atom. The standard InChI is InChI=1S/C15H17N3O2/c1-9(2)12-8-18-13(7-14(19)17-18)10-5-3-4-6-11(10)15(20)16-12/h3-7,9,12H,8H2,1-2H3,(H,16,20)(H,17,19)/t12-/m1/s1. The first-order chi connectivity index (χ1) is 9.56. The minimum absolute atomic E-state index is 0.0161. The van der Waals surface area contributed by atoms with Crippen molar-refractivity contribution >= 4 is 5.91 Å². The van der Waals surface area contributed by atoms with Crippen LogP contribution in [0.5, 0.6) is 0 Å². The van der Waals surface area contributed by atoms with E-state index in [1.54, 1.807) is 12.1 Å². The zero-order valence-corrected chi connectivity index (χ0v) is 11.5. The SMILES string of the molecule is CC(C)[C@H]1Cn2[nH]c(=O)cc2-c2ccccc2C(=O)N1. The number of fused-ring (bicyclic) bond motifs is 3. The van der Waals surface area contributed by atoms with Crippen molar-refractivity contribution in [2.75, 3.05) is 0 Å². The molecule has 0 spiro atoms. The summed E-state index contributed by atoms with van der Waals surface area (Å²) in [5.74, 6) is 0.196. The number of carbonyl (C=O) groups excluding carboxylic acids is 1. The zero-order chi connectivity index (χ0) is 14.3. The Kier molecular flexibility index (Phi) is 2.97. The number of benzene rings is 1. The molecule has 0 aliphatic carbocycles. The molecule has 3 rings (SSSR count). The highest BCUT2D eigenvalue weighted by Crippen LogP contribution is 2.25. The van der Waals surface area contributed by atoms with E-state index >= 15 is 0 Å². The van der Waals surface area contributed by atoms with E-state index in [2.05, 4.69) is 24.3 Å². The van der Waals surface area contributed by atoms with E-state index < -0.39 is 0 Å². The number of aromatic amines is 1. The Balaban J connectivity index is 2.22. The topological polar surface area (TPSA) is 66.9 Å². The summed E-state index contributed by atoms with van der Waals surface area (Å²) < 4.78 is 1.82. The van der Waals surface area contributed by atoms with Crippen LogP contribution in [0.1, 0.15) is 24.2 Å². The normalized spacial score (nSPS) is 17.9. The van der Waals surface area contributed by atoms with Crippen LogP contribution in [0.25, 0.3) is 11.3 Å². The highest BCUT2D eigenvalue weighted by Gasteiger charge is 2.25. The van der Waals surface area contributed by atoms with Gasteiger partial charge in [0, 0.05) is 17.2 Å². The molecule has 0 saturated carbocycles. The van der Waals surface area contributed by atoms with Crippen molar-refractivity contribution in [2.24, 2.45) is 5.92 Å². The largest absolute Gasteiger partial charge is 0.347 e. The highest BCUT2D eigenvalue weighted by atomic mass is 16.2. The maximum Gasteiger partial charge on any atom is 0.264 e. The van der Waals surface area contributed by atoms with E-state index in [0.29, 0.717) is 12.1 Å². The van der Waals surface area contributed by atoms with E-state index in [0.717, 1.165) is 11.3 Å². The number of hydrogen-bond acceptors (Lipinski definition) is 2. The molecule has 2 heterocycles. The van der Waals surface area contributed by atoms with Crippen LogP contribution in [0.15, 0.2) is 35.1 Å². The van der Waals surface area contributed by atoms with Crippen LogP contribution < -0.4 is 10.9 Å². The first kappa shape index (κ1) is 12.7. The summed E-state index contributed by atoms with van der Waals surface area (Å²) in [5.41, 5.74) is 2.01. The number of carbonyl (C=O) groups is 1. The summed E-state index contributed by atoms with van der Waals surface area (Å²) in [5, 5.41) is 5.86. The monoisotopic (exact) mass is 271 g/mol. The Hall–Kier alpha value is -2.30.